The first-order valence-corrected chi connectivity index (χ1v) is 7.18. The highest BCUT2D eigenvalue weighted by atomic mass is 32.1. The van der Waals surface area contributed by atoms with Crippen molar-refractivity contribution in [2.75, 3.05) is 0 Å². The molecular weight excluding hydrogens is 272 g/mol. The van der Waals surface area contributed by atoms with Crippen LogP contribution in [-0.4, -0.2) is 11.8 Å². The quantitative estimate of drug-likeness (QED) is 0.853. The van der Waals surface area contributed by atoms with Crippen molar-refractivity contribution in [1.29, 1.82) is 0 Å². The summed E-state index contributed by atoms with van der Waals surface area (Å²) in [5.74, 6) is -0.624. The molecule has 104 valence electrons. The first-order valence-electron chi connectivity index (χ1n) is 6.36. The van der Waals surface area contributed by atoms with Gasteiger partial charge in [-0.2, -0.15) is 0 Å². The van der Waals surface area contributed by atoms with Crippen molar-refractivity contribution in [3.63, 3.8) is 0 Å². The maximum atomic E-state index is 11.8. The highest BCUT2D eigenvalue weighted by Gasteiger charge is 2.10. The number of benzene rings is 1. The minimum atomic E-state index is -0.328. The Bertz CT molecular complexity index is 617. The monoisotopic (exact) mass is 288 g/mol. The van der Waals surface area contributed by atoms with Gasteiger partial charge < -0.3 is 0 Å². The summed E-state index contributed by atoms with van der Waals surface area (Å²) in [6, 6.07) is 10.8. The molecule has 4 nitrogen and oxygen atoms in total. The molecular formula is C15H16N2O2S. The molecule has 0 saturated carbocycles. The molecule has 2 N–H and O–H groups in total. The first-order chi connectivity index (χ1) is 9.60. The molecule has 0 fully saturated rings. The molecule has 0 aliphatic rings. The van der Waals surface area contributed by atoms with Crippen LogP contribution in [0.3, 0.4) is 0 Å². The number of amides is 2. The van der Waals surface area contributed by atoms with Gasteiger partial charge in [0.05, 0.1) is 4.88 Å². The Labute approximate surface area is 121 Å². The van der Waals surface area contributed by atoms with Gasteiger partial charge in [-0.05, 0) is 37.6 Å². The lowest BCUT2D eigenvalue weighted by Gasteiger charge is -2.06. The number of hydrogen-bond acceptors (Lipinski definition) is 3. The molecule has 0 saturated heterocycles. The lowest BCUT2D eigenvalue weighted by molar-refractivity contribution is 0.0849. The Balaban J connectivity index is 1.93. The van der Waals surface area contributed by atoms with Gasteiger partial charge in [-0.1, -0.05) is 24.6 Å². The van der Waals surface area contributed by atoms with E-state index in [4.69, 9.17) is 0 Å². The number of aryl methyl sites for hydroxylation is 2. The van der Waals surface area contributed by atoms with Crippen LogP contribution < -0.4 is 10.9 Å². The van der Waals surface area contributed by atoms with Gasteiger partial charge in [-0.15, -0.1) is 11.3 Å². The molecule has 2 rings (SSSR count). The number of hydrogen-bond donors (Lipinski definition) is 2. The van der Waals surface area contributed by atoms with Crippen molar-refractivity contribution in [2.45, 2.75) is 20.3 Å². The molecule has 2 amide bonds. The zero-order valence-electron chi connectivity index (χ0n) is 11.4. The first kappa shape index (κ1) is 14.3. The largest absolute Gasteiger partial charge is 0.279 e. The number of nitrogens with one attached hydrogen (secondary N) is 2. The summed E-state index contributed by atoms with van der Waals surface area (Å²) in [7, 11) is 0. The lowest BCUT2D eigenvalue weighted by atomic mass is 10.1. The molecule has 5 heteroatoms. The van der Waals surface area contributed by atoms with Gasteiger partial charge in [-0.25, -0.2) is 0 Å². The van der Waals surface area contributed by atoms with Crippen LogP contribution in [0.15, 0.2) is 36.4 Å². The van der Waals surface area contributed by atoms with Gasteiger partial charge in [-0.3, -0.25) is 20.4 Å². The van der Waals surface area contributed by atoms with Crippen molar-refractivity contribution < 1.29 is 9.59 Å². The van der Waals surface area contributed by atoms with E-state index in [2.05, 4.69) is 10.9 Å². The number of carbonyl (C=O) groups excluding carboxylic acids is 2. The van der Waals surface area contributed by atoms with Crippen molar-refractivity contribution >= 4 is 23.2 Å². The van der Waals surface area contributed by atoms with E-state index in [1.807, 2.05) is 32.0 Å². The maximum Gasteiger partial charge on any atom is 0.279 e. The van der Waals surface area contributed by atoms with E-state index in [-0.39, 0.29) is 11.8 Å². The van der Waals surface area contributed by atoms with Gasteiger partial charge in [0.25, 0.3) is 11.8 Å². The van der Waals surface area contributed by atoms with Gasteiger partial charge in [0.15, 0.2) is 0 Å². The summed E-state index contributed by atoms with van der Waals surface area (Å²) in [4.78, 5) is 25.4. The predicted molar refractivity (Wildman–Crippen MR) is 79.8 cm³/mol. The predicted octanol–water partition coefficient (Wildman–Crippen LogP) is 2.69. The minimum absolute atomic E-state index is 0.296. The third-order valence-electron chi connectivity index (χ3n) is 2.84. The van der Waals surface area contributed by atoms with Crippen LogP contribution >= 0.6 is 11.3 Å². The normalized spacial score (nSPS) is 10.1. The number of carbonyl (C=O) groups is 2. The minimum Gasteiger partial charge on any atom is -0.267 e. The van der Waals surface area contributed by atoms with Crippen LogP contribution in [0.4, 0.5) is 0 Å². The summed E-state index contributed by atoms with van der Waals surface area (Å²) in [5.41, 5.74) is 6.42. The average molecular weight is 288 g/mol. The topological polar surface area (TPSA) is 58.2 Å². The highest BCUT2D eigenvalue weighted by Crippen LogP contribution is 2.16. The Hall–Kier alpha value is -2.14. The number of thiophene rings is 1. The SMILES string of the molecule is CCc1ccc(C(=O)NNC(=O)c2ccc(C)cc2)s1. The maximum absolute atomic E-state index is 11.8. The molecule has 0 aliphatic heterocycles. The smallest absolute Gasteiger partial charge is 0.267 e. The second-order valence-electron chi connectivity index (χ2n) is 4.39. The van der Waals surface area contributed by atoms with Crippen molar-refractivity contribution in [2.24, 2.45) is 0 Å². The molecule has 0 unspecified atom stereocenters. The van der Waals surface area contributed by atoms with Crippen LogP contribution in [0.5, 0.6) is 0 Å². The molecule has 1 aromatic carbocycles. The fourth-order valence-corrected chi connectivity index (χ4v) is 2.48. The van der Waals surface area contributed by atoms with Crippen molar-refractivity contribution in [1.82, 2.24) is 10.9 Å². The van der Waals surface area contributed by atoms with Gasteiger partial charge in [0.2, 0.25) is 0 Å². The fourth-order valence-electron chi connectivity index (χ4n) is 1.64. The summed E-state index contributed by atoms with van der Waals surface area (Å²) >= 11 is 1.43. The summed E-state index contributed by atoms with van der Waals surface area (Å²) < 4.78 is 0. The van der Waals surface area contributed by atoms with Crippen molar-refractivity contribution in [3.05, 3.63) is 57.3 Å². The van der Waals surface area contributed by atoms with Crippen LogP contribution in [0.25, 0.3) is 0 Å². The molecule has 1 aromatic heterocycles. The molecule has 0 atom stereocenters. The number of hydrazine groups is 1. The van der Waals surface area contributed by atoms with E-state index in [1.54, 1.807) is 18.2 Å². The Morgan fingerprint density at radius 2 is 1.65 bits per heavy atom. The third kappa shape index (κ3) is 3.45. The van der Waals surface area contributed by atoms with E-state index in [9.17, 15) is 9.59 Å². The van der Waals surface area contributed by atoms with Gasteiger partial charge in [0.1, 0.15) is 0 Å². The van der Waals surface area contributed by atoms with Crippen LogP contribution in [-0.2, 0) is 6.42 Å². The molecule has 0 bridgehead atoms. The molecule has 0 spiro atoms. The fraction of sp³-hybridized carbons (Fsp3) is 0.200. The Kier molecular flexibility index (Phi) is 4.53. The molecule has 0 aliphatic carbocycles. The summed E-state index contributed by atoms with van der Waals surface area (Å²) in [5, 5.41) is 0. The summed E-state index contributed by atoms with van der Waals surface area (Å²) in [6.07, 6.45) is 0.897. The van der Waals surface area contributed by atoms with E-state index in [0.29, 0.717) is 10.4 Å². The lowest BCUT2D eigenvalue weighted by Crippen LogP contribution is -2.41. The third-order valence-corrected chi connectivity index (χ3v) is 4.07. The van der Waals surface area contributed by atoms with E-state index in [1.165, 1.54) is 11.3 Å². The highest BCUT2D eigenvalue weighted by molar-refractivity contribution is 7.14. The zero-order valence-corrected chi connectivity index (χ0v) is 12.2. The van der Waals surface area contributed by atoms with Crippen LogP contribution in [0, 0.1) is 6.92 Å². The van der Waals surface area contributed by atoms with Crippen LogP contribution in [0.1, 0.15) is 37.4 Å². The average Bonchev–Trinajstić information content (AvgIpc) is 2.94. The van der Waals surface area contributed by atoms with Crippen LogP contribution in [0.2, 0.25) is 0 Å². The number of rotatable bonds is 3. The Morgan fingerprint density at radius 3 is 2.25 bits per heavy atom. The second-order valence-corrected chi connectivity index (χ2v) is 5.56. The second kappa shape index (κ2) is 6.34. The molecule has 1 heterocycles. The van der Waals surface area contributed by atoms with Gasteiger partial charge in [0, 0.05) is 10.4 Å². The van der Waals surface area contributed by atoms with E-state index < -0.39 is 0 Å². The standard InChI is InChI=1S/C15H16N2O2S/c1-3-12-8-9-13(20-12)15(19)17-16-14(18)11-6-4-10(2)5-7-11/h4-9H,3H2,1-2H3,(H,16,18)(H,17,19). The Morgan fingerprint density at radius 1 is 1.00 bits per heavy atom. The summed E-state index contributed by atoms with van der Waals surface area (Å²) in [6.45, 7) is 3.98. The van der Waals surface area contributed by atoms with E-state index in [0.717, 1.165) is 16.9 Å². The molecule has 2 aromatic rings. The van der Waals surface area contributed by atoms with E-state index >= 15 is 0 Å². The zero-order chi connectivity index (χ0) is 14.5. The molecule has 0 radical (unpaired) electrons. The van der Waals surface area contributed by atoms with Crippen molar-refractivity contribution in [3.8, 4) is 0 Å². The molecule has 20 heavy (non-hydrogen) atoms. The van der Waals surface area contributed by atoms with Gasteiger partial charge >= 0.3 is 0 Å².